The quantitative estimate of drug-likeness (QED) is 0.881. The molecule has 20 heavy (non-hydrogen) atoms. The molecule has 1 saturated carbocycles. The van der Waals surface area contributed by atoms with Crippen molar-refractivity contribution >= 4 is 11.6 Å². The maximum atomic E-state index is 13.1. The van der Waals surface area contributed by atoms with Gasteiger partial charge in [-0.15, -0.1) is 0 Å². The first-order valence-corrected chi connectivity index (χ1v) is 7.73. The lowest BCUT2D eigenvalue weighted by atomic mass is 9.65. The second kappa shape index (κ2) is 6.42. The lowest BCUT2D eigenvalue weighted by molar-refractivity contribution is -0.0103. The van der Waals surface area contributed by atoms with Crippen molar-refractivity contribution in [2.24, 2.45) is 17.1 Å². The van der Waals surface area contributed by atoms with Crippen LogP contribution in [0.15, 0.2) is 18.2 Å². The van der Waals surface area contributed by atoms with E-state index in [1.807, 2.05) is 0 Å². The average molecular weight is 300 g/mol. The molecule has 1 aliphatic rings. The van der Waals surface area contributed by atoms with Gasteiger partial charge in [0.1, 0.15) is 5.82 Å². The molecular formula is C16H23ClFNO. The van der Waals surface area contributed by atoms with E-state index in [0.29, 0.717) is 12.1 Å². The molecule has 0 saturated heterocycles. The van der Waals surface area contributed by atoms with E-state index in [1.54, 1.807) is 6.07 Å². The van der Waals surface area contributed by atoms with E-state index in [4.69, 9.17) is 17.3 Å². The molecule has 0 amide bonds. The van der Waals surface area contributed by atoms with Crippen LogP contribution >= 0.6 is 11.6 Å². The van der Waals surface area contributed by atoms with Crippen molar-refractivity contribution in [1.29, 1.82) is 0 Å². The van der Waals surface area contributed by atoms with Crippen molar-refractivity contribution < 1.29 is 9.50 Å². The molecular weight excluding hydrogens is 277 g/mol. The Morgan fingerprint density at radius 3 is 2.60 bits per heavy atom. The van der Waals surface area contributed by atoms with Gasteiger partial charge in [0.15, 0.2) is 0 Å². The van der Waals surface area contributed by atoms with Crippen LogP contribution in [0.2, 0.25) is 5.02 Å². The van der Waals surface area contributed by atoms with Crippen molar-refractivity contribution in [3.63, 3.8) is 0 Å². The van der Waals surface area contributed by atoms with E-state index in [0.717, 1.165) is 31.6 Å². The highest BCUT2D eigenvalue weighted by molar-refractivity contribution is 6.31. The van der Waals surface area contributed by atoms with Gasteiger partial charge >= 0.3 is 0 Å². The van der Waals surface area contributed by atoms with E-state index >= 15 is 0 Å². The van der Waals surface area contributed by atoms with Crippen LogP contribution in [0.3, 0.4) is 0 Å². The molecule has 0 bridgehead atoms. The van der Waals surface area contributed by atoms with Gasteiger partial charge in [0.25, 0.3) is 0 Å². The SMILES string of the molecule is CCC1CCC(CN)(C(O)c2ccc(F)cc2Cl)CC1. The van der Waals surface area contributed by atoms with Crippen molar-refractivity contribution in [3.05, 3.63) is 34.6 Å². The summed E-state index contributed by atoms with van der Waals surface area (Å²) in [4.78, 5) is 0. The summed E-state index contributed by atoms with van der Waals surface area (Å²) < 4.78 is 13.1. The molecule has 2 rings (SSSR count). The summed E-state index contributed by atoms with van der Waals surface area (Å²) in [6, 6.07) is 4.17. The van der Waals surface area contributed by atoms with E-state index in [9.17, 15) is 9.50 Å². The predicted octanol–water partition coefficient (Wildman–Crippen LogP) is 4.06. The van der Waals surface area contributed by atoms with Gasteiger partial charge in [0.2, 0.25) is 0 Å². The smallest absolute Gasteiger partial charge is 0.124 e. The van der Waals surface area contributed by atoms with Crippen molar-refractivity contribution in [1.82, 2.24) is 0 Å². The van der Waals surface area contributed by atoms with Gasteiger partial charge in [-0.1, -0.05) is 31.0 Å². The third-order valence-corrected chi connectivity index (χ3v) is 5.25. The average Bonchev–Trinajstić information content (AvgIpc) is 2.46. The summed E-state index contributed by atoms with van der Waals surface area (Å²) in [7, 11) is 0. The van der Waals surface area contributed by atoms with Gasteiger partial charge in [0.05, 0.1) is 6.10 Å². The van der Waals surface area contributed by atoms with Crippen LogP contribution in [-0.2, 0) is 0 Å². The molecule has 1 atom stereocenters. The third kappa shape index (κ3) is 3.00. The highest BCUT2D eigenvalue weighted by Crippen LogP contribution is 2.48. The van der Waals surface area contributed by atoms with Crippen molar-refractivity contribution in [3.8, 4) is 0 Å². The van der Waals surface area contributed by atoms with Crippen LogP contribution in [0.4, 0.5) is 4.39 Å². The first-order valence-electron chi connectivity index (χ1n) is 7.35. The molecule has 4 heteroatoms. The van der Waals surface area contributed by atoms with Crippen LogP contribution in [0, 0.1) is 17.2 Å². The zero-order chi connectivity index (χ0) is 14.8. The second-order valence-electron chi connectivity index (χ2n) is 5.99. The standard InChI is InChI=1S/C16H23ClFNO/c1-2-11-5-7-16(10-19,8-6-11)15(20)13-4-3-12(18)9-14(13)17/h3-4,9,11,15,20H,2,5-8,10,19H2,1H3. The molecule has 3 N–H and O–H groups in total. The summed E-state index contributed by atoms with van der Waals surface area (Å²) in [5.41, 5.74) is 6.23. The molecule has 1 unspecified atom stereocenters. The Bertz CT molecular complexity index is 458. The number of halogens is 2. The Hall–Kier alpha value is -0.640. The van der Waals surface area contributed by atoms with Crippen LogP contribution in [0.1, 0.15) is 50.7 Å². The first-order chi connectivity index (χ1) is 9.52. The maximum absolute atomic E-state index is 13.1. The Kier molecular flexibility index (Phi) is 5.05. The molecule has 1 aliphatic carbocycles. The highest BCUT2D eigenvalue weighted by Gasteiger charge is 2.41. The Morgan fingerprint density at radius 2 is 2.10 bits per heavy atom. The summed E-state index contributed by atoms with van der Waals surface area (Å²) in [5, 5.41) is 11.0. The predicted molar refractivity (Wildman–Crippen MR) is 80.1 cm³/mol. The number of benzene rings is 1. The summed E-state index contributed by atoms with van der Waals surface area (Å²) in [6.45, 7) is 2.63. The van der Waals surface area contributed by atoms with Crippen LogP contribution in [0.25, 0.3) is 0 Å². The molecule has 2 nitrogen and oxygen atoms in total. The molecule has 1 aromatic carbocycles. The van der Waals surface area contributed by atoms with Crippen molar-refractivity contribution in [2.75, 3.05) is 6.54 Å². The van der Waals surface area contributed by atoms with Crippen molar-refractivity contribution in [2.45, 2.75) is 45.1 Å². The fourth-order valence-electron chi connectivity index (χ4n) is 3.30. The molecule has 1 aromatic rings. The van der Waals surface area contributed by atoms with Gasteiger partial charge in [-0.3, -0.25) is 0 Å². The van der Waals surface area contributed by atoms with E-state index in [2.05, 4.69) is 6.92 Å². The molecule has 0 spiro atoms. The molecule has 112 valence electrons. The van der Waals surface area contributed by atoms with E-state index < -0.39 is 6.10 Å². The minimum absolute atomic E-state index is 0.280. The Balaban J connectivity index is 2.23. The van der Waals surface area contributed by atoms with Crippen LogP contribution < -0.4 is 5.73 Å². The number of aliphatic hydroxyl groups is 1. The van der Waals surface area contributed by atoms with Crippen LogP contribution in [-0.4, -0.2) is 11.7 Å². The normalized spacial score (nSPS) is 28.4. The Labute approximate surface area is 125 Å². The second-order valence-corrected chi connectivity index (χ2v) is 6.39. The Morgan fingerprint density at radius 1 is 1.45 bits per heavy atom. The lowest BCUT2D eigenvalue weighted by Gasteiger charge is -2.43. The number of rotatable bonds is 4. The molecule has 0 radical (unpaired) electrons. The van der Waals surface area contributed by atoms with E-state index in [1.165, 1.54) is 18.6 Å². The minimum Gasteiger partial charge on any atom is -0.388 e. The number of aliphatic hydroxyl groups excluding tert-OH is 1. The van der Waals surface area contributed by atoms with Gasteiger partial charge in [-0.2, -0.15) is 0 Å². The molecule has 1 fully saturated rings. The largest absolute Gasteiger partial charge is 0.388 e. The van der Waals surface area contributed by atoms with E-state index in [-0.39, 0.29) is 16.3 Å². The summed E-state index contributed by atoms with van der Waals surface area (Å²) >= 11 is 6.08. The number of hydrogen-bond donors (Lipinski definition) is 2. The first kappa shape index (κ1) is 15.7. The monoisotopic (exact) mass is 299 g/mol. The lowest BCUT2D eigenvalue weighted by Crippen LogP contribution is -2.40. The maximum Gasteiger partial charge on any atom is 0.124 e. The van der Waals surface area contributed by atoms with Gasteiger partial charge in [0, 0.05) is 17.0 Å². The molecule has 0 aliphatic heterocycles. The minimum atomic E-state index is -0.724. The highest BCUT2D eigenvalue weighted by atomic mass is 35.5. The third-order valence-electron chi connectivity index (χ3n) is 4.92. The fraction of sp³-hybridized carbons (Fsp3) is 0.625. The van der Waals surface area contributed by atoms with Gasteiger partial charge in [-0.25, -0.2) is 4.39 Å². The fourth-order valence-corrected chi connectivity index (χ4v) is 3.57. The molecule has 0 heterocycles. The topological polar surface area (TPSA) is 46.2 Å². The number of hydrogen-bond acceptors (Lipinski definition) is 2. The zero-order valence-corrected chi connectivity index (χ0v) is 12.7. The summed E-state index contributed by atoms with van der Waals surface area (Å²) in [6.07, 6.45) is 4.42. The number of nitrogens with two attached hydrogens (primary N) is 1. The summed E-state index contributed by atoms with van der Waals surface area (Å²) in [5.74, 6) is 0.341. The van der Waals surface area contributed by atoms with Gasteiger partial charge in [-0.05, 0) is 49.3 Å². The van der Waals surface area contributed by atoms with Gasteiger partial charge < -0.3 is 10.8 Å². The van der Waals surface area contributed by atoms with Crippen LogP contribution in [0.5, 0.6) is 0 Å². The zero-order valence-electron chi connectivity index (χ0n) is 11.9. The molecule has 0 aromatic heterocycles.